The molecule has 0 saturated carbocycles. The fourth-order valence-electron chi connectivity index (χ4n) is 2.47. The van der Waals surface area contributed by atoms with Crippen LogP contribution in [0.4, 0.5) is 5.69 Å². The number of aryl methyl sites for hydroxylation is 2. The number of nitrogens with one attached hydrogen (secondary N) is 2. The molecule has 0 atom stereocenters. The number of hydrogen-bond donors (Lipinski definition) is 2. The molecule has 112 valence electrons. The molecule has 0 spiro atoms. The molecular weight excluding hydrogens is 276 g/mol. The summed E-state index contributed by atoms with van der Waals surface area (Å²) in [5.74, 6) is 0.462. The van der Waals surface area contributed by atoms with E-state index in [2.05, 4.69) is 10.3 Å². The third-order valence-electron chi connectivity index (χ3n) is 3.63. The summed E-state index contributed by atoms with van der Waals surface area (Å²) in [6, 6.07) is 13.6. The summed E-state index contributed by atoms with van der Waals surface area (Å²) in [7, 11) is 1.59. The zero-order valence-electron chi connectivity index (χ0n) is 12.9. The molecular formula is C18H18N2O2. The lowest BCUT2D eigenvalue weighted by molar-refractivity contribution is 0.102. The summed E-state index contributed by atoms with van der Waals surface area (Å²) in [4.78, 5) is 15.6. The van der Waals surface area contributed by atoms with Crippen LogP contribution in [-0.4, -0.2) is 18.0 Å². The Morgan fingerprint density at radius 3 is 2.55 bits per heavy atom. The lowest BCUT2D eigenvalue weighted by Gasteiger charge is -2.10. The van der Waals surface area contributed by atoms with Gasteiger partial charge in [-0.2, -0.15) is 0 Å². The first-order valence-corrected chi connectivity index (χ1v) is 7.12. The van der Waals surface area contributed by atoms with Gasteiger partial charge in [-0.25, -0.2) is 0 Å². The molecule has 2 aromatic carbocycles. The van der Waals surface area contributed by atoms with Gasteiger partial charge >= 0.3 is 0 Å². The fourth-order valence-corrected chi connectivity index (χ4v) is 2.47. The molecule has 0 aliphatic heterocycles. The number of methoxy groups -OCH3 is 1. The van der Waals surface area contributed by atoms with Crippen LogP contribution in [-0.2, 0) is 0 Å². The first kappa shape index (κ1) is 14.2. The van der Waals surface area contributed by atoms with Gasteiger partial charge in [0.15, 0.2) is 0 Å². The van der Waals surface area contributed by atoms with Gasteiger partial charge in [0.25, 0.3) is 5.91 Å². The van der Waals surface area contributed by atoms with Crippen LogP contribution in [0.2, 0.25) is 0 Å². The van der Waals surface area contributed by atoms with E-state index in [0.29, 0.717) is 17.1 Å². The van der Waals surface area contributed by atoms with Gasteiger partial charge < -0.3 is 15.0 Å². The number of anilines is 1. The monoisotopic (exact) mass is 294 g/mol. The third kappa shape index (κ3) is 2.68. The van der Waals surface area contributed by atoms with Crippen molar-refractivity contribution in [2.24, 2.45) is 0 Å². The summed E-state index contributed by atoms with van der Waals surface area (Å²) in [6.07, 6.45) is 0. The smallest absolute Gasteiger partial charge is 0.272 e. The van der Waals surface area contributed by atoms with E-state index in [0.717, 1.165) is 22.0 Å². The Labute approximate surface area is 129 Å². The number of H-pyrrole nitrogens is 1. The van der Waals surface area contributed by atoms with Crippen LogP contribution >= 0.6 is 0 Å². The number of rotatable bonds is 3. The molecule has 2 N–H and O–H groups in total. The van der Waals surface area contributed by atoms with E-state index in [9.17, 15) is 4.79 Å². The predicted molar refractivity (Wildman–Crippen MR) is 88.7 cm³/mol. The summed E-state index contributed by atoms with van der Waals surface area (Å²) in [6.45, 7) is 4.00. The maximum Gasteiger partial charge on any atom is 0.272 e. The Kier molecular flexibility index (Phi) is 3.59. The molecule has 0 radical (unpaired) electrons. The highest BCUT2D eigenvalue weighted by molar-refractivity contribution is 6.06. The number of carbonyl (C=O) groups excluding carboxylic acids is 1. The molecule has 0 aliphatic carbocycles. The first-order valence-electron chi connectivity index (χ1n) is 7.12. The molecule has 0 bridgehead atoms. The highest BCUT2D eigenvalue weighted by Crippen LogP contribution is 2.26. The van der Waals surface area contributed by atoms with Crippen molar-refractivity contribution in [1.29, 1.82) is 0 Å². The SMILES string of the molecule is COc1ccc(C)cc1NC(=O)c1cc2ccc(C)cc2[nH]1. The van der Waals surface area contributed by atoms with E-state index in [1.165, 1.54) is 0 Å². The van der Waals surface area contributed by atoms with Crippen molar-refractivity contribution < 1.29 is 9.53 Å². The van der Waals surface area contributed by atoms with E-state index in [1.807, 2.05) is 56.3 Å². The summed E-state index contributed by atoms with van der Waals surface area (Å²) in [5, 5.41) is 3.92. The molecule has 3 aromatic rings. The molecule has 22 heavy (non-hydrogen) atoms. The van der Waals surface area contributed by atoms with Crippen molar-refractivity contribution in [1.82, 2.24) is 4.98 Å². The standard InChI is InChI=1S/C18H18N2O2/c1-11-4-6-13-10-16(19-14(13)8-11)18(21)20-15-9-12(2)5-7-17(15)22-3/h4-10,19H,1-3H3,(H,20,21). The van der Waals surface area contributed by atoms with E-state index in [-0.39, 0.29) is 5.91 Å². The molecule has 0 saturated heterocycles. The average Bonchev–Trinajstić information content (AvgIpc) is 2.90. The number of ether oxygens (including phenoxy) is 1. The lowest BCUT2D eigenvalue weighted by atomic mass is 10.2. The lowest BCUT2D eigenvalue weighted by Crippen LogP contribution is -2.13. The van der Waals surface area contributed by atoms with Crippen LogP contribution in [0.25, 0.3) is 10.9 Å². The molecule has 1 amide bonds. The van der Waals surface area contributed by atoms with Crippen molar-refractivity contribution in [3.05, 3.63) is 59.3 Å². The van der Waals surface area contributed by atoms with E-state index < -0.39 is 0 Å². The number of fused-ring (bicyclic) bond motifs is 1. The minimum absolute atomic E-state index is 0.183. The second-order valence-electron chi connectivity index (χ2n) is 5.43. The number of carbonyl (C=O) groups is 1. The molecule has 0 aliphatic rings. The van der Waals surface area contributed by atoms with Crippen LogP contribution in [0, 0.1) is 13.8 Å². The van der Waals surface area contributed by atoms with E-state index in [4.69, 9.17) is 4.74 Å². The van der Waals surface area contributed by atoms with Crippen LogP contribution in [0.3, 0.4) is 0 Å². The van der Waals surface area contributed by atoms with Gasteiger partial charge in [-0.05, 0) is 49.2 Å². The predicted octanol–water partition coefficient (Wildman–Crippen LogP) is 4.05. The van der Waals surface area contributed by atoms with Crippen LogP contribution < -0.4 is 10.1 Å². The Morgan fingerprint density at radius 1 is 1.05 bits per heavy atom. The van der Waals surface area contributed by atoms with Gasteiger partial charge in [0.2, 0.25) is 0 Å². The van der Waals surface area contributed by atoms with Gasteiger partial charge in [0.05, 0.1) is 12.8 Å². The maximum atomic E-state index is 12.5. The molecule has 3 rings (SSSR count). The summed E-state index contributed by atoms with van der Waals surface area (Å²) >= 11 is 0. The zero-order valence-corrected chi connectivity index (χ0v) is 12.9. The number of hydrogen-bond acceptors (Lipinski definition) is 2. The average molecular weight is 294 g/mol. The zero-order chi connectivity index (χ0) is 15.7. The normalized spacial score (nSPS) is 10.7. The van der Waals surface area contributed by atoms with Crippen molar-refractivity contribution in [2.45, 2.75) is 13.8 Å². The van der Waals surface area contributed by atoms with Gasteiger partial charge in [0.1, 0.15) is 11.4 Å². The Hall–Kier alpha value is -2.75. The molecule has 4 heteroatoms. The highest BCUT2D eigenvalue weighted by Gasteiger charge is 2.12. The fraction of sp³-hybridized carbons (Fsp3) is 0.167. The van der Waals surface area contributed by atoms with Gasteiger partial charge in [-0.15, -0.1) is 0 Å². The van der Waals surface area contributed by atoms with Gasteiger partial charge in [-0.3, -0.25) is 4.79 Å². The molecule has 0 fully saturated rings. The second-order valence-corrected chi connectivity index (χ2v) is 5.43. The third-order valence-corrected chi connectivity index (χ3v) is 3.63. The second kappa shape index (κ2) is 5.56. The van der Waals surface area contributed by atoms with Crippen molar-refractivity contribution in [3.63, 3.8) is 0 Å². The Morgan fingerprint density at radius 2 is 1.77 bits per heavy atom. The minimum atomic E-state index is -0.183. The maximum absolute atomic E-state index is 12.5. The largest absolute Gasteiger partial charge is 0.495 e. The molecule has 4 nitrogen and oxygen atoms in total. The van der Waals surface area contributed by atoms with E-state index >= 15 is 0 Å². The van der Waals surface area contributed by atoms with Gasteiger partial charge in [0, 0.05) is 10.9 Å². The summed E-state index contributed by atoms with van der Waals surface area (Å²) in [5.41, 5.74) is 4.37. The molecule has 1 heterocycles. The Bertz CT molecular complexity index is 849. The van der Waals surface area contributed by atoms with Crippen LogP contribution in [0.15, 0.2) is 42.5 Å². The highest BCUT2D eigenvalue weighted by atomic mass is 16.5. The molecule has 1 aromatic heterocycles. The number of aromatic amines is 1. The van der Waals surface area contributed by atoms with Gasteiger partial charge in [-0.1, -0.05) is 18.2 Å². The topological polar surface area (TPSA) is 54.1 Å². The quantitative estimate of drug-likeness (QED) is 0.765. The number of aromatic nitrogens is 1. The van der Waals surface area contributed by atoms with Crippen LogP contribution in [0.5, 0.6) is 5.75 Å². The first-order chi connectivity index (χ1) is 10.6. The number of benzene rings is 2. The van der Waals surface area contributed by atoms with Crippen molar-refractivity contribution in [3.8, 4) is 5.75 Å². The summed E-state index contributed by atoms with van der Waals surface area (Å²) < 4.78 is 5.29. The molecule has 0 unspecified atom stereocenters. The Balaban J connectivity index is 1.91. The van der Waals surface area contributed by atoms with Crippen molar-refractivity contribution in [2.75, 3.05) is 12.4 Å². The van der Waals surface area contributed by atoms with E-state index in [1.54, 1.807) is 7.11 Å². The minimum Gasteiger partial charge on any atom is -0.495 e. The van der Waals surface area contributed by atoms with Crippen molar-refractivity contribution >= 4 is 22.5 Å². The van der Waals surface area contributed by atoms with Crippen LogP contribution in [0.1, 0.15) is 21.6 Å². The number of amides is 1.